The first-order chi connectivity index (χ1) is 7.65. The Hall–Kier alpha value is -1.28. The highest BCUT2D eigenvalue weighted by Crippen LogP contribution is 2.02. The summed E-state index contributed by atoms with van der Waals surface area (Å²) in [5.41, 5.74) is 0. The summed E-state index contributed by atoms with van der Waals surface area (Å²) in [4.78, 5) is 15.4. The molecule has 0 atom stereocenters. The average molecular weight is 224 g/mol. The van der Waals surface area contributed by atoms with Crippen molar-refractivity contribution in [2.45, 2.75) is 26.3 Å². The summed E-state index contributed by atoms with van der Waals surface area (Å²) in [5.74, 6) is 0. The first-order valence-electron chi connectivity index (χ1n) is 5.79. The Bertz CT molecular complexity index is 272. The van der Waals surface area contributed by atoms with Gasteiger partial charge in [-0.25, -0.2) is 4.79 Å². The van der Waals surface area contributed by atoms with E-state index < -0.39 is 0 Å². The number of hydrogen-bond acceptors (Lipinski definition) is 3. The SMILES string of the molecule is CC(C)N(CCC#N)CCN1CCNC1=O. The highest BCUT2D eigenvalue weighted by atomic mass is 16.2. The summed E-state index contributed by atoms with van der Waals surface area (Å²) < 4.78 is 0. The second-order valence-electron chi connectivity index (χ2n) is 4.26. The van der Waals surface area contributed by atoms with Gasteiger partial charge < -0.3 is 10.2 Å². The summed E-state index contributed by atoms with van der Waals surface area (Å²) in [6.07, 6.45) is 0.546. The smallest absolute Gasteiger partial charge is 0.317 e. The summed E-state index contributed by atoms with van der Waals surface area (Å²) in [6.45, 7) is 8.14. The van der Waals surface area contributed by atoms with Crippen molar-refractivity contribution in [2.75, 3.05) is 32.7 Å². The summed E-state index contributed by atoms with van der Waals surface area (Å²) in [6, 6.07) is 2.60. The predicted octanol–water partition coefficient (Wildman–Crippen LogP) is 0.636. The van der Waals surface area contributed by atoms with Crippen LogP contribution in [0.5, 0.6) is 0 Å². The molecule has 1 rings (SSSR count). The topological polar surface area (TPSA) is 59.4 Å². The van der Waals surface area contributed by atoms with Gasteiger partial charge in [0.2, 0.25) is 0 Å². The van der Waals surface area contributed by atoms with Crippen LogP contribution in [0.15, 0.2) is 0 Å². The van der Waals surface area contributed by atoms with Crippen LogP contribution in [0.4, 0.5) is 4.79 Å². The number of hydrogen-bond donors (Lipinski definition) is 1. The van der Waals surface area contributed by atoms with E-state index in [4.69, 9.17) is 5.26 Å². The van der Waals surface area contributed by atoms with Crippen LogP contribution in [0.1, 0.15) is 20.3 Å². The molecule has 1 aliphatic heterocycles. The standard InChI is InChI=1S/C11H20N4O/c1-10(2)14(6-3-4-12)8-9-15-7-5-13-11(15)16/h10H,3,5-9H2,1-2H3,(H,13,16). The molecular weight excluding hydrogens is 204 g/mol. The molecule has 0 unspecified atom stereocenters. The van der Waals surface area contributed by atoms with E-state index in [1.54, 1.807) is 0 Å². The second-order valence-corrected chi connectivity index (χ2v) is 4.26. The monoisotopic (exact) mass is 224 g/mol. The third-order valence-electron chi connectivity index (χ3n) is 2.84. The lowest BCUT2D eigenvalue weighted by atomic mass is 10.3. The van der Waals surface area contributed by atoms with Crippen molar-refractivity contribution in [1.82, 2.24) is 15.1 Å². The van der Waals surface area contributed by atoms with E-state index in [1.807, 2.05) is 4.90 Å². The molecular formula is C11H20N4O. The van der Waals surface area contributed by atoms with Gasteiger partial charge in [0.05, 0.1) is 6.07 Å². The summed E-state index contributed by atoms with van der Waals surface area (Å²) >= 11 is 0. The fraction of sp³-hybridized carbons (Fsp3) is 0.818. The lowest BCUT2D eigenvalue weighted by Crippen LogP contribution is -2.40. The Kier molecular flexibility index (Phi) is 5.06. The summed E-state index contributed by atoms with van der Waals surface area (Å²) in [5, 5.41) is 11.3. The molecule has 0 aromatic heterocycles. The minimum atomic E-state index is 0.0315. The number of amides is 2. The van der Waals surface area contributed by atoms with E-state index in [1.165, 1.54) is 0 Å². The molecule has 1 N–H and O–H groups in total. The minimum absolute atomic E-state index is 0.0315. The van der Waals surface area contributed by atoms with Gasteiger partial charge in [0.1, 0.15) is 0 Å². The van der Waals surface area contributed by atoms with E-state index in [9.17, 15) is 4.79 Å². The molecule has 0 saturated carbocycles. The number of carbonyl (C=O) groups excluding carboxylic acids is 1. The second kappa shape index (κ2) is 6.33. The van der Waals surface area contributed by atoms with Gasteiger partial charge in [-0.3, -0.25) is 4.90 Å². The Morgan fingerprint density at radius 2 is 2.31 bits per heavy atom. The van der Waals surface area contributed by atoms with Crippen molar-refractivity contribution in [3.8, 4) is 6.07 Å². The zero-order valence-electron chi connectivity index (χ0n) is 10.1. The maximum atomic E-state index is 11.3. The first kappa shape index (κ1) is 12.8. The largest absolute Gasteiger partial charge is 0.336 e. The van der Waals surface area contributed by atoms with Crippen LogP contribution in [-0.2, 0) is 0 Å². The van der Waals surface area contributed by atoms with Gasteiger partial charge in [-0.15, -0.1) is 0 Å². The molecule has 0 aromatic carbocycles. The number of carbonyl (C=O) groups is 1. The van der Waals surface area contributed by atoms with Crippen molar-refractivity contribution in [2.24, 2.45) is 0 Å². The molecule has 1 fully saturated rings. The fourth-order valence-corrected chi connectivity index (χ4v) is 1.80. The lowest BCUT2D eigenvalue weighted by molar-refractivity contribution is 0.185. The molecule has 90 valence electrons. The van der Waals surface area contributed by atoms with E-state index in [-0.39, 0.29) is 6.03 Å². The van der Waals surface area contributed by atoms with Crippen LogP contribution in [0.25, 0.3) is 0 Å². The maximum absolute atomic E-state index is 11.3. The normalized spacial score (nSPS) is 15.7. The van der Waals surface area contributed by atoms with Crippen LogP contribution in [0.3, 0.4) is 0 Å². The molecule has 0 radical (unpaired) electrons. The maximum Gasteiger partial charge on any atom is 0.317 e. The Balaban J connectivity index is 2.31. The number of urea groups is 1. The average Bonchev–Trinajstić information content (AvgIpc) is 2.64. The zero-order chi connectivity index (χ0) is 12.0. The molecule has 0 aliphatic carbocycles. The van der Waals surface area contributed by atoms with Gasteiger partial charge >= 0.3 is 6.03 Å². The van der Waals surface area contributed by atoms with Crippen molar-refractivity contribution < 1.29 is 4.79 Å². The molecule has 0 bridgehead atoms. The van der Waals surface area contributed by atoms with Crippen molar-refractivity contribution in [3.05, 3.63) is 0 Å². The van der Waals surface area contributed by atoms with Gasteiger partial charge in [0.15, 0.2) is 0 Å². The Morgan fingerprint density at radius 1 is 1.56 bits per heavy atom. The number of rotatable bonds is 6. The molecule has 1 aliphatic rings. The van der Waals surface area contributed by atoms with Gasteiger partial charge in [-0.05, 0) is 13.8 Å². The van der Waals surface area contributed by atoms with Crippen LogP contribution in [0, 0.1) is 11.3 Å². The highest BCUT2D eigenvalue weighted by Gasteiger charge is 2.20. The van der Waals surface area contributed by atoms with Gasteiger partial charge in [0, 0.05) is 45.2 Å². The third kappa shape index (κ3) is 3.70. The van der Waals surface area contributed by atoms with Gasteiger partial charge in [-0.1, -0.05) is 0 Å². The fourth-order valence-electron chi connectivity index (χ4n) is 1.80. The van der Waals surface area contributed by atoms with Crippen molar-refractivity contribution in [3.63, 3.8) is 0 Å². The molecule has 1 heterocycles. The van der Waals surface area contributed by atoms with E-state index in [2.05, 4.69) is 30.1 Å². The van der Waals surface area contributed by atoms with Crippen LogP contribution in [0.2, 0.25) is 0 Å². The van der Waals surface area contributed by atoms with Crippen molar-refractivity contribution >= 4 is 6.03 Å². The third-order valence-corrected chi connectivity index (χ3v) is 2.84. The van der Waals surface area contributed by atoms with Gasteiger partial charge in [0.25, 0.3) is 0 Å². The molecule has 2 amide bonds. The zero-order valence-corrected chi connectivity index (χ0v) is 10.1. The quantitative estimate of drug-likeness (QED) is 0.720. The molecule has 5 nitrogen and oxygen atoms in total. The van der Waals surface area contributed by atoms with E-state index in [0.29, 0.717) is 12.5 Å². The van der Waals surface area contributed by atoms with Gasteiger partial charge in [-0.2, -0.15) is 5.26 Å². The van der Waals surface area contributed by atoms with Crippen LogP contribution >= 0.6 is 0 Å². The van der Waals surface area contributed by atoms with Crippen LogP contribution in [-0.4, -0.2) is 54.6 Å². The van der Waals surface area contributed by atoms with Crippen LogP contribution < -0.4 is 5.32 Å². The lowest BCUT2D eigenvalue weighted by Gasteiger charge is -2.27. The summed E-state index contributed by atoms with van der Waals surface area (Å²) in [7, 11) is 0. The molecule has 16 heavy (non-hydrogen) atoms. The predicted molar refractivity (Wildman–Crippen MR) is 61.9 cm³/mol. The van der Waals surface area contributed by atoms with E-state index >= 15 is 0 Å². The molecule has 5 heteroatoms. The van der Waals surface area contributed by atoms with Crippen molar-refractivity contribution in [1.29, 1.82) is 5.26 Å². The molecule has 1 saturated heterocycles. The number of nitrogens with one attached hydrogen (secondary N) is 1. The number of nitriles is 1. The first-order valence-corrected chi connectivity index (χ1v) is 5.79. The molecule has 0 spiro atoms. The Morgan fingerprint density at radius 3 is 2.81 bits per heavy atom. The molecule has 0 aromatic rings. The van der Waals surface area contributed by atoms with E-state index in [0.717, 1.165) is 32.7 Å². The minimum Gasteiger partial charge on any atom is -0.336 e. The Labute approximate surface area is 97.0 Å². The number of nitrogens with zero attached hydrogens (tertiary/aromatic N) is 3. The highest BCUT2D eigenvalue weighted by molar-refractivity contribution is 5.76.